The number of carbonyl (C=O) groups is 2. The first kappa shape index (κ1) is 17.9. The topological polar surface area (TPSA) is 85.5 Å². The molecule has 1 amide bonds. The van der Waals surface area contributed by atoms with Gasteiger partial charge in [-0.2, -0.15) is 0 Å². The number of hydrogen-bond donors (Lipinski definition) is 0. The molecule has 0 N–H and O–H groups in total. The van der Waals surface area contributed by atoms with Gasteiger partial charge < -0.3 is 9.15 Å². The highest BCUT2D eigenvalue weighted by molar-refractivity contribution is 5.98. The van der Waals surface area contributed by atoms with Gasteiger partial charge in [-0.25, -0.2) is 4.79 Å². The van der Waals surface area contributed by atoms with Crippen LogP contribution >= 0.6 is 0 Å². The minimum absolute atomic E-state index is 0.0148. The summed E-state index contributed by atoms with van der Waals surface area (Å²) in [5.74, 6) is 0.553. The Morgan fingerprint density at radius 1 is 1.08 bits per heavy atom. The zero-order valence-corrected chi connectivity index (χ0v) is 15.3. The maximum Gasteiger partial charge on any atom is 0.410 e. The Morgan fingerprint density at radius 3 is 2.48 bits per heavy atom. The van der Waals surface area contributed by atoms with Crippen molar-refractivity contribution in [3.05, 3.63) is 11.8 Å². The van der Waals surface area contributed by atoms with Crippen molar-refractivity contribution in [2.45, 2.75) is 83.3 Å². The summed E-state index contributed by atoms with van der Waals surface area (Å²) < 4.78 is 11.1. The molecule has 1 saturated heterocycles. The fourth-order valence-electron chi connectivity index (χ4n) is 3.57. The van der Waals surface area contributed by atoms with Crippen LogP contribution in [-0.2, 0) is 4.74 Å². The van der Waals surface area contributed by atoms with Gasteiger partial charge in [0.2, 0.25) is 11.7 Å². The summed E-state index contributed by atoms with van der Waals surface area (Å²) in [4.78, 5) is 26.6. The Hall–Kier alpha value is -1.92. The lowest BCUT2D eigenvalue weighted by Gasteiger charge is -2.27. The number of ether oxygens (including phenoxy) is 1. The van der Waals surface area contributed by atoms with E-state index >= 15 is 0 Å². The number of amides is 1. The number of carbonyl (C=O) groups excluding carboxylic acids is 2. The van der Waals surface area contributed by atoms with Crippen molar-refractivity contribution < 1.29 is 18.7 Å². The van der Waals surface area contributed by atoms with Gasteiger partial charge in [-0.15, -0.1) is 10.2 Å². The third-order valence-corrected chi connectivity index (χ3v) is 4.79. The minimum Gasteiger partial charge on any atom is -0.444 e. The van der Waals surface area contributed by atoms with Crippen molar-refractivity contribution in [3.8, 4) is 0 Å². The molecule has 25 heavy (non-hydrogen) atoms. The average molecular weight is 349 g/mol. The molecule has 138 valence electrons. The molecule has 0 aromatic carbocycles. The lowest BCUT2D eigenvalue weighted by atomic mass is 9.89. The van der Waals surface area contributed by atoms with E-state index < -0.39 is 17.7 Å². The summed E-state index contributed by atoms with van der Waals surface area (Å²) in [5, 5.41) is 8.05. The monoisotopic (exact) mass is 349 g/mol. The maximum absolute atomic E-state index is 12.8. The van der Waals surface area contributed by atoms with Crippen LogP contribution < -0.4 is 0 Å². The van der Waals surface area contributed by atoms with Crippen LogP contribution in [0.1, 0.15) is 88.2 Å². The second-order valence-corrected chi connectivity index (χ2v) is 7.98. The second kappa shape index (κ2) is 7.14. The molecule has 0 spiro atoms. The van der Waals surface area contributed by atoms with E-state index in [4.69, 9.17) is 9.15 Å². The van der Waals surface area contributed by atoms with Gasteiger partial charge in [-0.05, 0) is 46.5 Å². The first-order chi connectivity index (χ1) is 11.8. The number of ketones is 1. The van der Waals surface area contributed by atoms with Crippen LogP contribution in [0.2, 0.25) is 0 Å². The summed E-state index contributed by atoms with van der Waals surface area (Å²) in [6.07, 6.45) is 6.51. The standard InChI is InChI=1S/C18H27N3O4/c1-18(2,3)25-17(23)21-11-7-10-13(21)14(22)16-20-19-15(24-16)12-8-5-4-6-9-12/h12-13H,4-11H2,1-3H3/t13-/m0/s1. The molecule has 1 aliphatic heterocycles. The molecule has 1 aliphatic carbocycles. The van der Waals surface area contributed by atoms with Gasteiger partial charge in [0.1, 0.15) is 11.6 Å². The van der Waals surface area contributed by atoms with Gasteiger partial charge >= 0.3 is 6.09 Å². The zero-order chi connectivity index (χ0) is 18.0. The molecular formula is C18H27N3O4. The van der Waals surface area contributed by atoms with Crippen LogP contribution in [0.3, 0.4) is 0 Å². The molecule has 2 fully saturated rings. The highest BCUT2D eigenvalue weighted by Crippen LogP contribution is 2.32. The van der Waals surface area contributed by atoms with Crippen LogP contribution in [0.25, 0.3) is 0 Å². The molecule has 0 radical (unpaired) electrons. The molecule has 2 aliphatic rings. The molecule has 0 bridgehead atoms. The number of hydrogen-bond acceptors (Lipinski definition) is 6. The number of nitrogens with zero attached hydrogens (tertiary/aromatic N) is 3. The summed E-state index contributed by atoms with van der Waals surface area (Å²) in [6, 6.07) is -0.575. The molecular weight excluding hydrogens is 322 g/mol. The van der Waals surface area contributed by atoms with E-state index in [1.807, 2.05) is 20.8 Å². The summed E-state index contributed by atoms with van der Waals surface area (Å²) in [6.45, 7) is 5.94. The number of likely N-dealkylation sites (tertiary alicyclic amines) is 1. The molecule has 1 saturated carbocycles. The number of rotatable bonds is 3. The second-order valence-electron chi connectivity index (χ2n) is 7.98. The lowest BCUT2D eigenvalue weighted by molar-refractivity contribution is 0.0218. The van der Waals surface area contributed by atoms with Crippen LogP contribution in [0.5, 0.6) is 0 Å². The van der Waals surface area contributed by atoms with E-state index in [0.717, 1.165) is 32.1 Å². The van der Waals surface area contributed by atoms with E-state index in [0.29, 0.717) is 18.9 Å². The molecule has 0 unspecified atom stereocenters. The van der Waals surface area contributed by atoms with Crippen molar-refractivity contribution in [2.24, 2.45) is 0 Å². The Morgan fingerprint density at radius 2 is 1.80 bits per heavy atom. The van der Waals surface area contributed by atoms with E-state index in [1.54, 1.807) is 0 Å². The van der Waals surface area contributed by atoms with Crippen molar-refractivity contribution in [2.75, 3.05) is 6.54 Å². The normalized spacial score (nSPS) is 22.2. The predicted molar refractivity (Wildman–Crippen MR) is 90.4 cm³/mol. The van der Waals surface area contributed by atoms with Crippen LogP contribution in [0, 0.1) is 0 Å². The van der Waals surface area contributed by atoms with Gasteiger partial charge in [0.25, 0.3) is 5.89 Å². The Bertz CT molecular complexity index is 629. The fourth-order valence-corrected chi connectivity index (χ4v) is 3.57. The summed E-state index contributed by atoms with van der Waals surface area (Å²) in [5.41, 5.74) is -0.591. The Balaban J connectivity index is 1.69. The average Bonchev–Trinajstić information content (AvgIpc) is 3.23. The molecule has 1 aromatic heterocycles. The van der Waals surface area contributed by atoms with E-state index in [1.165, 1.54) is 11.3 Å². The maximum atomic E-state index is 12.8. The van der Waals surface area contributed by atoms with Gasteiger partial charge in [0.15, 0.2) is 0 Å². The van der Waals surface area contributed by atoms with Crippen molar-refractivity contribution in [1.29, 1.82) is 0 Å². The van der Waals surface area contributed by atoms with Crippen LogP contribution in [-0.4, -0.2) is 45.2 Å². The first-order valence-corrected chi connectivity index (χ1v) is 9.22. The molecule has 7 nitrogen and oxygen atoms in total. The van der Waals surface area contributed by atoms with Crippen molar-refractivity contribution in [1.82, 2.24) is 15.1 Å². The van der Waals surface area contributed by atoms with Crippen molar-refractivity contribution >= 4 is 11.9 Å². The molecule has 1 atom stereocenters. The van der Waals surface area contributed by atoms with E-state index in [-0.39, 0.29) is 17.6 Å². The van der Waals surface area contributed by atoms with Crippen molar-refractivity contribution in [3.63, 3.8) is 0 Å². The SMILES string of the molecule is CC(C)(C)OC(=O)N1CCC[C@H]1C(=O)c1nnc(C2CCCCC2)o1. The molecule has 7 heteroatoms. The van der Waals surface area contributed by atoms with Gasteiger partial charge in [0.05, 0.1) is 0 Å². The third kappa shape index (κ3) is 4.19. The van der Waals surface area contributed by atoms with Gasteiger partial charge in [-0.1, -0.05) is 19.3 Å². The molecule has 2 heterocycles. The van der Waals surface area contributed by atoms with Gasteiger partial charge in [0, 0.05) is 12.5 Å². The summed E-state index contributed by atoms with van der Waals surface area (Å²) >= 11 is 0. The number of aromatic nitrogens is 2. The van der Waals surface area contributed by atoms with E-state index in [2.05, 4.69) is 10.2 Å². The smallest absolute Gasteiger partial charge is 0.410 e. The van der Waals surface area contributed by atoms with Gasteiger partial charge in [-0.3, -0.25) is 9.69 Å². The fraction of sp³-hybridized carbons (Fsp3) is 0.778. The highest BCUT2D eigenvalue weighted by atomic mass is 16.6. The van der Waals surface area contributed by atoms with Crippen LogP contribution in [0.4, 0.5) is 4.79 Å². The van der Waals surface area contributed by atoms with Crippen LogP contribution in [0.15, 0.2) is 4.42 Å². The molecule has 3 rings (SSSR count). The quantitative estimate of drug-likeness (QED) is 0.774. The Labute approximate surface area is 148 Å². The zero-order valence-electron chi connectivity index (χ0n) is 15.3. The minimum atomic E-state index is -0.591. The lowest BCUT2D eigenvalue weighted by Crippen LogP contribution is -2.43. The summed E-state index contributed by atoms with van der Waals surface area (Å²) in [7, 11) is 0. The largest absolute Gasteiger partial charge is 0.444 e. The number of Topliss-reactive ketones (excluding diaryl/α,β-unsaturated/α-hetero) is 1. The highest BCUT2D eigenvalue weighted by Gasteiger charge is 2.39. The molecule has 1 aromatic rings. The predicted octanol–water partition coefficient (Wildman–Crippen LogP) is 3.70. The Kier molecular flexibility index (Phi) is 5.11. The van der Waals surface area contributed by atoms with E-state index in [9.17, 15) is 9.59 Å². The first-order valence-electron chi connectivity index (χ1n) is 9.22. The third-order valence-electron chi connectivity index (χ3n) is 4.79.